The first-order chi connectivity index (χ1) is 19.3. The molecule has 1 fully saturated rings. The van der Waals surface area contributed by atoms with E-state index in [-0.39, 0.29) is 10.8 Å². The Bertz CT molecular complexity index is 1780. The second-order valence-corrected chi connectivity index (χ2v) is 12.5. The number of ether oxygens (including phenoxy) is 1. The first-order valence-corrected chi connectivity index (χ1v) is 15.2. The summed E-state index contributed by atoms with van der Waals surface area (Å²) in [5.74, 6) is -0.156. The van der Waals surface area contributed by atoms with Gasteiger partial charge in [0.2, 0.25) is 10.0 Å². The topological polar surface area (TPSA) is 71.9 Å². The molecule has 206 valence electrons. The van der Waals surface area contributed by atoms with Gasteiger partial charge in [-0.15, -0.1) is 0 Å². The summed E-state index contributed by atoms with van der Waals surface area (Å²) in [5.41, 5.74) is 4.54. The van der Waals surface area contributed by atoms with Crippen molar-refractivity contribution >= 4 is 67.4 Å². The van der Waals surface area contributed by atoms with E-state index >= 15 is 0 Å². The van der Waals surface area contributed by atoms with E-state index in [1.807, 2.05) is 55.6 Å². The fourth-order valence-corrected chi connectivity index (χ4v) is 7.30. The molecular formula is C30H27Cl2N3O4S. The average molecular weight is 597 g/mol. The van der Waals surface area contributed by atoms with Gasteiger partial charge < -0.3 is 14.2 Å². The number of sulfonamides is 1. The zero-order chi connectivity index (χ0) is 28.0. The molecule has 7 nitrogen and oxygen atoms in total. The summed E-state index contributed by atoms with van der Waals surface area (Å²) in [5, 5.41) is 2.13. The Labute approximate surface area is 243 Å². The number of likely N-dealkylation sites (N-methyl/N-ethyl adjacent to an activating group) is 1. The largest absolute Gasteiger partial charge is 0.379 e. The van der Waals surface area contributed by atoms with Crippen molar-refractivity contribution in [2.75, 3.05) is 37.7 Å². The minimum atomic E-state index is -3.72. The smallest absolute Gasteiger partial charge is 0.258 e. The van der Waals surface area contributed by atoms with Crippen molar-refractivity contribution in [2.24, 2.45) is 0 Å². The lowest BCUT2D eigenvalue weighted by Gasteiger charge is -2.26. The number of carbonyl (C=O) groups is 1. The van der Waals surface area contributed by atoms with Crippen LogP contribution in [0.1, 0.15) is 23.6 Å². The van der Waals surface area contributed by atoms with Crippen LogP contribution in [-0.4, -0.2) is 56.0 Å². The van der Waals surface area contributed by atoms with Crippen molar-refractivity contribution in [1.29, 1.82) is 0 Å². The van der Waals surface area contributed by atoms with E-state index in [0.717, 1.165) is 22.0 Å². The lowest BCUT2D eigenvalue weighted by atomic mass is 10.0. The molecule has 1 saturated heterocycles. The third-order valence-corrected chi connectivity index (χ3v) is 9.91. The van der Waals surface area contributed by atoms with Crippen LogP contribution in [-0.2, 0) is 26.1 Å². The first kappa shape index (κ1) is 27.1. The third kappa shape index (κ3) is 4.74. The molecule has 6 rings (SSSR count). The number of hydrogen-bond acceptors (Lipinski definition) is 4. The molecule has 0 N–H and O–H groups in total. The van der Waals surface area contributed by atoms with Crippen LogP contribution in [0.4, 0.5) is 5.69 Å². The quantitative estimate of drug-likeness (QED) is 0.259. The van der Waals surface area contributed by atoms with Crippen molar-refractivity contribution in [1.82, 2.24) is 8.87 Å². The zero-order valence-corrected chi connectivity index (χ0v) is 24.1. The molecule has 3 heterocycles. The first-order valence-electron chi connectivity index (χ1n) is 13.1. The summed E-state index contributed by atoms with van der Waals surface area (Å²) in [7, 11) is -3.72. The monoisotopic (exact) mass is 595 g/mol. The van der Waals surface area contributed by atoms with Gasteiger partial charge in [-0.2, -0.15) is 4.31 Å². The highest BCUT2D eigenvalue weighted by Gasteiger charge is 2.34. The summed E-state index contributed by atoms with van der Waals surface area (Å²) in [6, 6.07) is 18.4. The maximum atomic E-state index is 13.6. The Morgan fingerprint density at radius 1 is 1.00 bits per heavy atom. The molecule has 0 spiro atoms. The van der Waals surface area contributed by atoms with Gasteiger partial charge in [0, 0.05) is 70.0 Å². The number of hydrogen-bond donors (Lipinski definition) is 0. The van der Waals surface area contributed by atoms with Gasteiger partial charge in [-0.25, -0.2) is 8.42 Å². The molecule has 0 aliphatic carbocycles. The molecule has 1 amide bonds. The van der Waals surface area contributed by atoms with Gasteiger partial charge in [-0.05, 0) is 55.0 Å². The van der Waals surface area contributed by atoms with Gasteiger partial charge in [0.15, 0.2) is 0 Å². The Morgan fingerprint density at radius 3 is 2.52 bits per heavy atom. The summed E-state index contributed by atoms with van der Waals surface area (Å²) < 4.78 is 35.7. The van der Waals surface area contributed by atoms with Crippen LogP contribution >= 0.6 is 23.2 Å². The van der Waals surface area contributed by atoms with E-state index in [9.17, 15) is 13.2 Å². The van der Waals surface area contributed by atoms with Crippen LogP contribution < -0.4 is 4.90 Å². The number of benzene rings is 3. The van der Waals surface area contributed by atoms with E-state index in [1.165, 1.54) is 4.31 Å². The highest BCUT2D eigenvalue weighted by atomic mass is 35.5. The van der Waals surface area contributed by atoms with Crippen molar-refractivity contribution in [3.05, 3.63) is 93.6 Å². The van der Waals surface area contributed by atoms with E-state index < -0.39 is 10.0 Å². The summed E-state index contributed by atoms with van der Waals surface area (Å²) in [4.78, 5) is 15.5. The Balaban J connectivity index is 1.45. The van der Waals surface area contributed by atoms with E-state index in [4.69, 9.17) is 27.9 Å². The zero-order valence-electron chi connectivity index (χ0n) is 21.8. The molecule has 4 aromatic rings. The number of nitrogens with zero attached hydrogens (tertiary/aromatic N) is 3. The molecule has 10 heteroatoms. The van der Waals surface area contributed by atoms with Gasteiger partial charge in [0.25, 0.3) is 5.91 Å². The standard InChI is InChI=1S/C30H27Cl2N3O4S/c1-2-35-29-10-9-23(40(37,38)34-11-13-39-14-12-34)17-25(29)26(30(35)36)15-21-19-33(28-6-4-3-5-24(21)28)18-20-7-8-22(31)16-27(20)32/h3-10,15-17,19H,2,11-14,18H2,1H3. The maximum absolute atomic E-state index is 13.6. The molecule has 0 radical (unpaired) electrons. The van der Waals surface area contributed by atoms with Crippen molar-refractivity contribution < 1.29 is 17.9 Å². The summed E-state index contributed by atoms with van der Waals surface area (Å²) >= 11 is 12.6. The number of rotatable bonds is 6. The van der Waals surface area contributed by atoms with Crippen molar-refractivity contribution in [2.45, 2.75) is 18.4 Å². The van der Waals surface area contributed by atoms with E-state index in [0.29, 0.717) is 66.3 Å². The van der Waals surface area contributed by atoms with Crippen LogP contribution in [0.3, 0.4) is 0 Å². The average Bonchev–Trinajstić information content (AvgIpc) is 3.44. The van der Waals surface area contributed by atoms with Gasteiger partial charge in [-0.1, -0.05) is 47.5 Å². The second-order valence-electron chi connectivity index (χ2n) is 9.77. The predicted molar refractivity (Wildman–Crippen MR) is 159 cm³/mol. The molecular weight excluding hydrogens is 569 g/mol. The minimum Gasteiger partial charge on any atom is -0.379 e. The summed E-state index contributed by atoms with van der Waals surface area (Å²) in [6.45, 7) is 4.23. The highest BCUT2D eigenvalue weighted by molar-refractivity contribution is 7.89. The minimum absolute atomic E-state index is 0.156. The number of carbonyl (C=O) groups excluding carboxylic acids is 1. The molecule has 3 aromatic carbocycles. The number of para-hydroxylation sites is 1. The fourth-order valence-electron chi connectivity index (χ4n) is 5.40. The molecule has 0 atom stereocenters. The Morgan fingerprint density at radius 2 is 1.77 bits per heavy atom. The Kier molecular flexibility index (Phi) is 7.23. The van der Waals surface area contributed by atoms with Crippen LogP contribution in [0.5, 0.6) is 0 Å². The van der Waals surface area contributed by atoms with Crippen LogP contribution in [0.2, 0.25) is 10.0 Å². The van der Waals surface area contributed by atoms with Crippen LogP contribution in [0.25, 0.3) is 22.6 Å². The summed E-state index contributed by atoms with van der Waals surface area (Å²) in [6.07, 6.45) is 3.86. The SMILES string of the molecule is CCN1C(=O)C(=Cc2cn(Cc3ccc(Cl)cc3Cl)c3ccccc23)c2cc(S(=O)(=O)N3CCOCC3)ccc21. The normalized spacial score (nSPS) is 17.2. The maximum Gasteiger partial charge on any atom is 0.258 e. The highest BCUT2D eigenvalue weighted by Crippen LogP contribution is 2.40. The molecule has 1 aromatic heterocycles. The third-order valence-electron chi connectivity index (χ3n) is 7.42. The second kappa shape index (κ2) is 10.7. The molecule has 40 heavy (non-hydrogen) atoms. The molecule has 0 saturated carbocycles. The van der Waals surface area contributed by atoms with Crippen molar-refractivity contribution in [3.8, 4) is 0 Å². The molecule has 0 unspecified atom stereocenters. The van der Waals surface area contributed by atoms with Gasteiger partial charge in [0.05, 0.1) is 23.8 Å². The Hall–Kier alpha value is -3.14. The number of aromatic nitrogens is 1. The number of anilines is 1. The lowest BCUT2D eigenvalue weighted by Crippen LogP contribution is -2.40. The number of fused-ring (bicyclic) bond motifs is 2. The number of halogens is 2. The molecule has 2 aliphatic rings. The fraction of sp³-hybridized carbons (Fsp3) is 0.233. The van der Waals surface area contributed by atoms with Gasteiger partial charge in [-0.3, -0.25) is 4.79 Å². The molecule has 2 aliphatic heterocycles. The molecule has 0 bridgehead atoms. The van der Waals surface area contributed by atoms with E-state index in [2.05, 4.69) is 4.57 Å². The van der Waals surface area contributed by atoms with E-state index in [1.54, 1.807) is 29.2 Å². The lowest BCUT2D eigenvalue weighted by molar-refractivity contribution is -0.112. The van der Waals surface area contributed by atoms with Gasteiger partial charge >= 0.3 is 0 Å². The predicted octanol–water partition coefficient (Wildman–Crippen LogP) is 5.92. The number of morpholine rings is 1. The van der Waals surface area contributed by atoms with Crippen LogP contribution in [0.15, 0.2) is 71.8 Å². The van der Waals surface area contributed by atoms with Crippen LogP contribution in [0, 0.1) is 0 Å². The van der Waals surface area contributed by atoms with Gasteiger partial charge in [0.1, 0.15) is 0 Å². The van der Waals surface area contributed by atoms with Crippen molar-refractivity contribution in [3.63, 3.8) is 0 Å². The number of amides is 1.